The van der Waals surface area contributed by atoms with Gasteiger partial charge in [-0.3, -0.25) is 9.35 Å². The van der Waals surface area contributed by atoms with Crippen molar-refractivity contribution in [2.45, 2.75) is 44.3 Å². The number of halogens is 2. The van der Waals surface area contributed by atoms with Crippen molar-refractivity contribution in [3.05, 3.63) is 0 Å². The Morgan fingerprint density at radius 2 is 1.83 bits per heavy atom. The van der Waals surface area contributed by atoms with Gasteiger partial charge >= 0.3 is 50.9 Å². The third kappa shape index (κ3) is 8.36. The summed E-state index contributed by atoms with van der Waals surface area (Å²) in [5.41, 5.74) is 0. The van der Waals surface area contributed by atoms with Crippen molar-refractivity contribution < 1.29 is 31.3 Å². The quantitative estimate of drug-likeness (QED) is 0.316. The van der Waals surface area contributed by atoms with Crippen LogP contribution in [0, 0.1) is 0 Å². The molecule has 5 nitrogen and oxygen atoms in total. The monoisotopic (exact) mass is 298 g/mol. The van der Waals surface area contributed by atoms with Crippen LogP contribution < -0.4 is 0 Å². The minimum absolute atomic E-state index is 0. The Balaban J connectivity index is 0. The van der Waals surface area contributed by atoms with E-state index in [1.54, 1.807) is 0 Å². The van der Waals surface area contributed by atoms with Gasteiger partial charge in [0.25, 0.3) is 0 Å². The summed E-state index contributed by atoms with van der Waals surface area (Å²) in [6.45, 7) is 0.323. The first-order valence-corrected chi connectivity index (χ1v) is 6.65. The molecule has 0 aromatic heterocycles. The van der Waals surface area contributed by atoms with Gasteiger partial charge in [-0.05, 0) is 6.42 Å². The molecule has 0 aliphatic rings. The van der Waals surface area contributed by atoms with E-state index in [0.29, 0.717) is 6.42 Å². The third-order valence-corrected chi connectivity index (χ3v) is 2.89. The number of carbonyl (C=O) groups is 1. The summed E-state index contributed by atoms with van der Waals surface area (Å²) in [5, 5.41) is -4.45. The van der Waals surface area contributed by atoms with Gasteiger partial charge in [-0.25, -0.2) is 0 Å². The molecule has 0 radical (unpaired) electrons. The van der Waals surface area contributed by atoms with E-state index >= 15 is 0 Å². The minimum atomic E-state index is -5.54. The number of hydrogen-bond donors (Lipinski definition) is 1. The molecular formula is C9H17F2NaO5S. The molecule has 9 heteroatoms. The number of esters is 1. The second-order valence-corrected chi connectivity index (χ2v) is 5.13. The second-order valence-electron chi connectivity index (χ2n) is 3.58. The zero-order chi connectivity index (χ0) is 13.5. The molecule has 18 heavy (non-hydrogen) atoms. The summed E-state index contributed by atoms with van der Waals surface area (Å²) in [6.07, 6.45) is 3.14. The number of alkyl halides is 2. The molecule has 0 aromatic rings. The second kappa shape index (κ2) is 9.19. The summed E-state index contributed by atoms with van der Waals surface area (Å²) in [6, 6.07) is 0. The molecule has 0 rings (SSSR count). The van der Waals surface area contributed by atoms with Crippen LogP contribution in [0.5, 0.6) is 0 Å². The maximum atomic E-state index is 12.6. The van der Waals surface area contributed by atoms with Gasteiger partial charge in [0.2, 0.25) is 0 Å². The van der Waals surface area contributed by atoms with Crippen molar-refractivity contribution >= 4 is 45.6 Å². The zero-order valence-corrected chi connectivity index (χ0v) is 10.3. The molecule has 0 aliphatic heterocycles. The summed E-state index contributed by atoms with van der Waals surface area (Å²) >= 11 is 0. The number of hydrogen-bond acceptors (Lipinski definition) is 4. The topological polar surface area (TPSA) is 80.7 Å². The van der Waals surface area contributed by atoms with Gasteiger partial charge in [-0.2, -0.15) is 17.2 Å². The van der Waals surface area contributed by atoms with Crippen LogP contribution >= 0.6 is 0 Å². The Hall–Kier alpha value is 0.240. The van der Waals surface area contributed by atoms with E-state index in [1.165, 1.54) is 0 Å². The summed E-state index contributed by atoms with van der Waals surface area (Å²) < 4.78 is 57.8. The van der Waals surface area contributed by atoms with Crippen LogP contribution in [0.4, 0.5) is 8.78 Å². The van der Waals surface area contributed by atoms with Crippen LogP contribution in [-0.4, -0.2) is 60.4 Å². The first kappa shape index (κ1) is 20.6. The Morgan fingerprint density at radius 1 is 1.28 bits per heavy atom. The van der Waals surface area contributed by atoms with Crippen LogP contribution in [0.25, 0.3) is 0 Å². The van der Waals surface area contributed by atoms with E-state index in [1.807, 2.05) is 6.92 Å². The normalized spacial score (nSPS) is 11.8. The summed E-state index contributed by atoms with van der Waals surface area (Å²) in [4.78, 5) is 10.9. The van der Waals surface area contributed by atoms with Crippen LogP contribution in [0.1, 0.15) is 39.0 Å². The van der Waals surface area contributed by atoms with Crippen LogP contribution in [0.3, 0.4) is 0 Å². The molecular weight excluding hydrogens is 281 g/mol. The van der Waals surface area contributed by atoms with E-state index in [4.69, 9.17) is 4.55 Å². The Labute approximate surface area is 127 Å². The molecule has 0 saturated heterocycles. The van der Waals surface area contributed by atoms with E-state index in [0.717, 1.165) is 19.3 Å². The molecule has 0 amide bonds. The number of rotatable bonds is 8. The number of unbranched alkanes of at least 4 members (excludes halogenated alkanes) is 3. The molecule has 104 valence electrons. The fraction of sp³-hybridized carbons (Fsp3) is 0.889. The van der Waals surface area contributed by atoms with Crippen molar-refractivity contribution in [1.29, 1.82) is 0 Å². The van der Waals surface area contributed by atoms with Crippen LogP contribution in [0.2, 0.25) is 0 Å². The van der Waals surface area contributed by atoms with Gasteiger partial charge in [0, 0.05) is 6.42 Å². The maximum absolute atomic E-state index is 12.6. The zero-order valence-electron chi connectivity index (χ0n) is 9.49. The molecule has 0 bridgehead atoms. The summed E-state index contributed by atoms with van der Waals surface area (Å²) in [7, 11) is -5.54. The Kier molecular flexibility index (Phi) is 10.5. The van der Waals surface area contributed by atoms with E-state index < -0.39 is 27.9 Å². The molecule has 0 spiro atoms. The molecule has 0 aliphatic carbocycles. The van der Waals surface area contributed by atoms with Crippen LogP contribution in [-0.2, 0) is 19.6 Å². The SMILES string of the molecule is CCCCCCC(=O)OCC(F)(F)S(=O)(=O)O.[NaH]. The van der Waals surface area contributed by atoms with Gasteiger partial charge in [0.1, 0.15) is 0 Å². The van der Waals surface area contributed by atoms with E-state index in [-0.39, 0.29) is 36.0 Å². The van der Waals surface area contributed by atoms with Crippen molar-refractivity contribution in [3.8, 4) is 0 Å². The van der Waals surface area contributed by atoms with Crippen LogP contribution in [0.15, 0.2) is 0 Å². The molecule has 0 atom stereocenters. The molecule has 0 heterocycles. The fourth-order valence-corrected chi connectivity index (χ4v) is 1.22. The molecule has 0 saturated carbocycles. The van der Waals surface area contributed by atoms with Gasteiger partial charge in [0.15, 0.2) is 6.61 Å². The predicted molar refractivity (Wildman–Crippen MR) is 63.4 cm³/mol. The fourth-order valence-electron chi connectivity index (χ4n) is 1.01. The molecule has 0 unspecified atom stereocenters. The molecule has 1 N–H and O–H groups in total. The van der Waals surface area contributed by atoms with Crippen molar-refractivity contribution in [1.82, 2.24) is 0 Å². The average Bonchev–Trinajstić information content (AvgIpc) is 2.20. The molecule has 0 fully saturated rings. The van der Waals surface area contributed by atoms with E-state index in [2.05, 4.69) is 4.74 Å². The Morgan fingerprint density at radius 3 is 2.28 bits per heavy atom. The summed E-state index contributed by atoms with van der Waals surface area (Å²) in [5.74, 6) is -0.899. The number of ether oxygens (including phenoxy) is 1. The first-order chi connectivity index (χ1) is 7.70. The average molecular weight is 298 g/mol. The third-order valence-electron chi connectivity index (χ3n) is 2.01. The van der Waals surface area contributed by atoms with Gasteiger partial charge in [0.05, 0.1) is 0 Å². The van der Waals surface area contributed by atoms with Gasteiger partial charge in [-0.15, -0.1) is 0 Å². The Bertz CT molecular complexity index is 345. The van der Waals surface area contributed by atoms with Gasteiger partial charge < -0.3 is 4.74 Å². The first-order valence-electron chi connectivity index (χ1n) is 5.21. The van der Waals surface area contributed by atoms with Crippen molar-refractivity contribution in [3.63, 3.8) is 0 Å². The molecule has 0 aromatic carbocycles. The van der Waals surface area contributed by atoms with Crippen molar-refractivity contribution in [2.24, 2.45) is 0 Å². The van der Waals surface area contributed by atoms with E-state index in [9.17, 15) is 22.0 Å². The number of carbonyl (C=O) groups excluding carboxylic acids is 1. The predicted octanol–water partition coefficient (Wildman–Crippen LogP) is 1.33. The standard InChI is InChI=1S/C9H16F2O5S.Na.H/c1-2-3-4-5-6-8(12)16-7-9(10,11)17(13,14)15;;/h2-7H2,1H3,(H,13,14,15);;. The van der Waals surface area contributed by atoms with Crippen molar-refractivity contribution in [2.75, 3.05) is 6.61 Å². The van der Waals surface area contributed by atoms with Gasteiger partial charge in [-0.1, -0.05) is 26.2 Å².